The van der Waals surface area contributed by atoms with Gasteiger partial charge in [0.25, 0.3) is 0 Å². The standard InChI is InChI=1S/C16H21BrO/c1-13(2)5-4-10-18-12-14(3)11-15-6-8-16(17)9-7-15/h6-9,12H,1,4-5,10-11H2,2-3H3/b14-12-. The summed E-state index contributed by atoms with van der Waals surface area (Å²) >= 11 is 3.44. The molecular formula is C16H21BrO. The van der Waals surface area contributed by atoms with E-state index in [0.29, 0.717) is 0 Å². The quantitative estimate of drug-likeness (QED) is 0.379. The zero-order chi connectivity index (χ0) is 13.4. The van der Waals surface area contributed by atoms with Crippen molar-refractivity contribution in [1.82, 2.24) is 0 Å². The second-order valence-electron chi connectivity index (χ2n) is 4.70. The van der Waals surface area contributed by atoms with Crippen LogP contribution >= 0.6 is 15.9 Å². The molecule has 0 saturated heterocycles. The van der Waals surface area contributed by atoms with Crippen molar-refractivity contribution >= 4 is 15.9 Å². The largest absolute Gasteiger partial charge is 0.501 e. The minimum absolute atomic E-state index is 0.768. The van der Waals surface area contributed by atoms with Crippen LogP contribution in [-0.2, 0) is 11.2 Å². The van der Waals surface area contributed by atoms with Gasteiger partial charge in [0.1, 0.15) is 0 Å². The molecule has 0 amide bonds. The molecule has 0 aromatic heterocycles. The summed E-state index contributed by atoms with van der Waals surface area (Å²) in [5.41, 5.74) is 3.76. The molecule has 0 aliphatic heterocycles. The molecule has 1 aromatic rings. The molecule has 1 rings (SSSR count). The molecule has 0 aliphatic rings. The lowest BCUT2D eigenvalue weighted by atomic mass is 10.1. The van der Waals surface area contributed by atoms with Crippen molar-refractivity contribution in [3.63, 3.8) is 0 Å². The Balaban J connectivity index is 2.29. The molecule has 0 saturated carbocycles. The first-order valence-corrected chi connectivity index (χ1v) is 7.03. The maximum atomic E-state index is 5.53. The van der Waals surface area contributed by atoms with Crippen molar-refractivity contribution < 1.29 is 4.74 Å². The SMILES string of the molecule is C=C(C)CCCO/C=C(/C)Cc1ccc(Br)cc1. The first-order chi connectivity index (χ1) is 8.58. The van der Waals surface area contributed by atoms with Gasteiger partial charge in [0, 0.05) is 4.47 Å². The van der Waals surface area contributed by atoms with Gasteiger partial charge in [-0.05, 0) is 56.4 Å². The number of benzene rings is 1. The first-order valence-electron chi connectivity index (χ1n) is 6.24. The van der Waals surface area contributed by atoms with Crippen LogP contribution in [0, 0.1) is 0 Å². The van der Waals surface area contributed by atoms with Crippen LogP contribution in [-0.4, -0.2) is 6.61 Å². The second kappa shape index (κ2) is 8.15. The number of ether oxygens (including phenoxy) is 1. The zero-order valence-corrected chi connectivity index (χ0v) is 12.8. The highest BCUT2D eigenvalue weighted by Gasteiger charge is 1.96. The summed E-state index contributed by atoms with van der Waals surface area (Å²) in [6.07, 6.45) is 4.89. The Labute approximate surface area is 119 Å². The molecule has 18 heavy (non-hydrogen) atoms. The first kappa shape index (κ1) is 15.0. The van der Waals surface area contributed by atoms with Crippen LogP contribution in [0.25, 0.3) is 0 Å². The Hall–Kier alpha value is -1.02. The predicted octanol–water partition coefficient (Wildman–Crippen LogP) is 5.27. The molecule has 0 aliphatic carbocycles. The van der Waals surface area contributed by atoms with Crippen molar-refractivity contribution in [2.75, 3.05) is 6.61 Å². The van der Waals surface area contributed by atoms with E-state index >= 15 is 0 Å². The van der Waals surface area contributed by atoms with Gasteiger partial charge in [-0.2, -0.15) is 0 Å². The Bertz CT molecular complexity index is 404. The Morgan fingerprint density at radius 3 is 2.56 bits per heavy atom. The highest BCUT2D eigenvalue weighted by Crippen LogP contribution is 2.13. The maximum absolute atomic E-state index is 5.53. The molecule has 0 spiro atoms. The normalized spacial score (nSPS) is 11.4. The summed E-state index contributed by atoms with van der Waals surface area (Å²) in [4.78, 5) is 0. The minimum atomic E-state index is 0.768. The van der Waals surface area contributed by atoms with Gasteiger partial charge in [0.2, 0.25) is 0 Å². The average Bonchev–Trinajstić information content (AvgIpc) is 2.31. The van der Waals surface area contributed by atoms with Gasteiger partial charge in [-0.3, -0.25) is 0 Å². The number of halogens is 1. The lowest BCUT2D eigenvalue weighted by Crippen LogP contribution is -1.92. The van der Waals surface area contributed by atoms with Crippen LogP contribution in [0.4, 0.5) is 0 Å². The van der Waals surface area contributed by atoms with E-state index in [0.717, 1.165) is 30.3 Å². The molecular weight excluding hydrogens is 288 g/mol. The lowest BCUT2D eigenvalue weighted by Gasteiger charge is -2.05. The fraction of sp³-hybridized carbons (Fsp3) is 0.375. The van der Waals surface area contributed by atoms with Crippen LogP contribution in [0.5, 0.6) is 0 Å². The topological polar surface area (TPSA) is 9.23 Å². The Kier molecular flexibility index (Phi) is 6.81. The summed E-state index contributed by atoms with van der Waals surface area (Å²) in [5.74, 6) is 0. The third-order valence-corrected chi connectivity index (χ3v) is 3.08. The summed E-state index contributed by atoms with van der Waals surface area (Å²) < 4.78 is 6.64. The molecule has 2 heteroatoms. The molecule has 0 radical (unpaired) electrons. The summed E-state index contributed by atoms with van der Waals surface area (Å²) in [6, 6.07) is 8.39. The number of hydrogen-bond donors (Lipinski definition) is 0. The molecule has 0 heterocycles. The van der Waals surface area contributed by atoms with E-state index < -0.39 is 0 Å². The van der Waals surface area contributed by atoms with E-state index in [1.165, 1.54) is 16.7 Å². The smallest absolute Gasteiger partial charge is 0.0876 e. The number of rotatable bonds is 7. The monoisotopic (exact) mass is 308 g/mol. The second-order valence-corrected chi connectivity index (χ2v) is 5.61. The molecule has 0 bridgehead atoms. The highest BCUT2D eigenvalue weighted by atomic mass is 79.9. The van der Waals surface area contributed by atoms with Gasteiger partial charge in [-0.1, -0.05) is 33.6 Å². The van der Waals surface area contributed by atoms with Gasteiger partial charge in [-0.25, -0.2) is 0 Å². The third-order valence-electron chi connectivity index (χ3n) is 2.55. The van der Waals surface area contributed by atoms with Crippen molar-refractivity contribution in [3.05, 3.63) is 58.3 Å². The summed E-state index contributed by atoms with van der Waals surface area (Å²) in [6.45, 7) is 8.79. The molecule has 0 N–H and O–H groups in total. The predicted molar refractivity (Wildman–Crippen MR) is 81.6 cm³/mol. The van der Waals surface area contributed by atoms with E-state index in [1.807, 2.05) is 6.26 Å². The van der Waals surface area contributed by atoms with Crippen molar-refractivity contribution in [2.45, 2.75) is 33.1 Å². The van der Waals surface area contributed by atoms with Gasteiger partial charge >= 0.3 is 0 Å². The maximum Gasteiger partial charge on any atom is 0.0876 e. The molecule has 0 unspecified atom stereocenters. The molecule has 0 fully saturated rings. The van der Waals surface area contributed by atoms with E-state index in [4.69, 9.17) is 4.74 Å². The van der Waals surface area contributed by atoms with Gasteiger partial charge < -0.3 is 4.74 Å². The van der Waals surface area contributed by atoms with Gasteiger partial charge in [-0.15, -0.1) is 6.58 Å². The van der Waals surface area contributed by atoms with Crippen LogP contribution < -0.4 is 0 Å². The molecule has 1 nitrogen and oxygen atoms in total. The Morgan fingerprint density at radius 2 is 1.94 bits per heavy atom. The number of allylic oxidation sites excluding steroid dienone is 2. The summed E-state index contributed by atoms with van der Waals surface area (Å²) in [5, 5.41) is 0. The number of hydrogen-bond acceptors (Lipinski definition) is 1. The van der Waals surface area contributed by atoms with Crippen LogP contribution in [0.3, 0.4) is 0 Å². The molecule has 98 valence electrons. The van der Waals surface area contributed by atoms with Crippen molar-refractivity contribution in [3.8, 4) is 0 Å². The van der Waals surface area contributed by atoms with Gasteiger partial charge in [0.05, 0.1) is 12.9 Å². The molecule has 0 atom stereocenters. The minimum Gasteiger partial charge on any atom is -0.501 e. The fourth-order valence-corrected chi connectivity index (χ4v) is 1.89. The van der Waals surface area contributed by atoms with E-state index in [1.54, 1.807) is 0 Å². The van der Waals surface area contributed by atoms with E-state index in [-0.39, 0.29) is 0 Å². The average molecular weight is 309 g/mol. The van der Waals surface area contributed by atoms with E-state index in [9.17, 15) is 0 Å². The summed E-state index contributed by atoms with van der Waals surface area (Å²) in [7, 11) is 0. The van der Waals surface area contributed by atoms with Crippen LogP contribution in [0.2, 0.25) is 0 Å². The lowest BCUT2D eigenvalue weighted by molar-refractivity contribution is 0.241. The van der Waals surface area contributed by atoms with Crippen LogP contribution in [0.1, 0.15) is 32.3 Å². The molecule has 1 aromatic carbocycles. The Morgan fingerprint density at radius 1 is 1.28 bits per heavy atom. The third kappa shape index (κ3) is 6.65. The van der Waals surface area contributed by atoms with Crippen molar-refractivity contribution in [1.29, 1.82) is 0 Å². The highest BCUT2D eigenvalue weighted by molar-refractivity contribution is 9.10. The van der Waals surface area contributed by atoms with Crippen molar-refractivity contribution in [2.24, 2.45) is 0 Å². The zero-order valence-electron chi connectivity index (χ0n) is 11.2. The van der Waals surface area contributed by atoms with E-state index in [2.05, 4.69) is 60.6 Å². The van der Waals surface area contributed by atoms with Gasteiger partial charge in [0.15, 0.2) is 0 Å². The van der Waals surface area contributed by atoms with Crippen LogP contribution in [0.15, 0.2) is 52.7 Å². The fourth-order valence-electron chi connectivity index (χ4n) is 1.62.